The van der Waals surface area contributed by atoms with Crippen molar-refractivity contribution in [3.05, 3.63) is 99.0 Å². The van der Waals surface area contributed by atoms with Crippen molar-refractivity contribution in [2.24, 2.45) is 0 Å². The van der Waals surface area contributed by atoms with Crippen LogP contribution in [0, 0.1) is 6.92 Å². The van der Waals surface area contributed by atoms with Crippen LogP contribution in [0.1, 0.15) is 47.6 Å². The van der Waals surface area contributed by atoms with Gasteiger partial charge < -0.3 is 15.6 Å². The zero-order valence-electron chi connectivity index (χ0n) is 20.4. The van der Waals surface area contributed by atoms with Crippen molar-refractivity contribution in [2.75, 3.05) is 32.0 Å². The van der Waals surface area contributed by atoms with Crippen molar-refractivity contribution >= 4 is 28.9 Å². The molecule has 188 valence electrons. The molecule has 1 unspecified atom stereocenters. The third-order valence-electron chi connectivity index (χ3n) is 6.08. The Balaban J connectivity index is 1.44. The summed E-state index contributed by atoms with van der Waals surface area (Å²) < 4.78 is 5.84. The number of unbranched alkanes of at least 4 members (excludes halogenated alkanes) is 2. The molecule has 4 nitrogen and oxygen atoms in total. The van der Waals surface area contributed by atoms with Gasteiger partial charge in [-0.15, -0.1) is 0 Å². The lowest BCUT2D eigenvalue weighted by molar-refractivity contribution is 0.105. The summed E-state index contributed by atoms with van der Waals surface area (Å²) in [6, 6.07) is 22.3. The fourth-order valence-electron chi connectivity index (χ4n) is 3.99. The molecule has 0 bridgehead atoms. The average molecular weight is 516 g/mol. The van der Waals surface area contributed by atoms with E-state index in [2.05, 4.69) is 48.2 Å². The zero-order valence-corrected chi connectivity index (χ0v) is 21.9. The van der Waals surface area contributed by atoms with Crippen molar-refractivity contribution in [1.29, 1.82) is 0 Å². The van der Waals surface area contributed by atoms with Gasteiger partial charge in [0.2, 0.25) is 0 Å². The van der Waals surface area contributed by atoms with Crippen molar-refractivity contribution in [1.82, 2.24) is 4.90 Å². The lowest BCUT2D eigenvalue weighted by Gasteiger charge is -2.26. The molecule has 0 aliphatic rings. The molecule has 0 aliphatic carbocycles. The molecule has 0 amide bonds. The van der Waals surface area contributed by atoms with E-state index < -0.39 is 6.10 Å². The van der Waals surface area contributed by atoms with E-state index in [1.807, 2.05) is 18.2 Å². The summed E-state index contributed by atoms with van der Waals surface area (Å²) in [5.74, 6) is 0. The molecule has 3 N–H and O–H groups in total. The Morgan fingerprint density at radius 2 is 1.57 bits per heavy atom. The van der Waals surface area contributed by atoms with Crippen LogP contribution in [0.5, 0.6) is 0 Å². The summed E-state index contributed by atoms with van der Waals surface area (Å²) in [7, 11) is 0. The maximum Gasteiger partial charge on any atom is 0.0918 e. The van der Waals surface area contributed by atoms with Crippen molar-refractivity contribution in [3.63, 3.8) is 0 Å². The first-order valence-corrected chi connectivity index (χ1v) is 13.0. The monoisotopic (exact) mass is 514 g/mol. The Hall–Kier alpha value is -2.08. The fourth-order valence-corrected chi connectivity index (χ4v) is 4.49. The van der Waals surface area contributed by atoms with Crippen LogP contribution < -0.4 is 5.73 Å². The predicted octanol–water partition coefficient (Wildman–Crippen LogP) is 6.85. The number of nitrogens with zero attached hydrogens (tertiary/aromatic N) is 1. The molecule has 3 aromatic carbocycles. The highest BCUT2D eigenvalue weighted by Gasteiger charge is 2.16. The number of rotatable bonds is 14. The lowest BCUT2D eigenvalue weighted by Crippen LogP contribution is -2.29. The molecule has 6 heteroatoms. The lowest BCUT2D eigenvalue weighted by atomic mass is 10.1. The third kappa shape index (κ3) is 9.47. The van der Waals surface area contributed by atoms with E-state index in [0.717, 1.165) is 52.0 Å². The number of anilines is 1. The van der Waals surface area contributed by atoms with E-state index in [1.54, 1.807) is 12.1 Å². The normalized spacial score (nSPS) is 12.3. The van der Waals surface area contributed by atoms with Crippen LogP contribution in [0.2, 0.25) is 10.0 Å². The number of hydrogen-bond donors (Lipinski definition) is 2. The van der Waals surface area contributed by atoms with Gasteiger partial charge in [0.25, 0.3) is 0 Å². The minimum Gasteiger partial charge on any atom is -0.396 e. The van der Waals surface area contributed by atoms with Gasteiger partial charge in [0.15, 0.2) is 0 Å². The van der Waals surface area contributed by atoms with Gasteiger partial charge in [-0.3, -0.25) is 4.90 Å². The first kappa shape index (κ1) is 27.5. The van der Waals surface area contributed by atoms with Gasteiger partial charge in [0.1, 0.15) is 0 Å². The second-order valence-electron chi connectivity index (χ2n) is 9.04. The molecule has 0 fully saturated rings. The molecule has 35 heavy (non-hydrogen) atoms. The average Bonchev–Trinajstić information content (AvgIpc) is 2.85. The van der Waals surface area contributed by atoms with Crippen molar-refractivity contribution in [2.45, 2.75) is 45.3 Å². The van der Waals surface area contributed by atoms with E-state index in [1.165, 1.54) is 16.7 Å². The fraction of sp³-hybridized carbons (Fsp3) is 0.379. The van der Waals surface area contributed by atoms with E-state index in [0.29, 0.717) is 27.8 Å². The highest BCUT2D eigenvalue weighted by molar-refractivity contribution is 6.38. The molecular formula is C29H36Cl2N2O2. The Kier molecular flexibility index (Phi) is 11.4. The van der Waals surface area contributed by atoms with Crippen LogP contribution in [0.15, 0.2) is 66.7 Å². The maximum atomic E-state index is 10.9. The number of aliphatic hydroxyl groups excluding tert-OH is 1. The quantitative estimate of drug-likeness (QED) is 0.182. The molecule has 0 heterocycles. The van der Waals surface area contributed by atoms with E-state index in [4.69, 9.17) is 33.7 Å². The Morgan fingerprint density at radius 1 is 0.886 bits per heavy atom. The molecular weight excluding hydrogens is 479 g/mol. The Bertz CT molecular complexity index is 1010. The topological polar surface area (TPSA) is 58.7 Å². The standard InChI is InChI=1S/C29H36Cl2N2O2/c1-22-10-12-23(13-11-22)14-17-35-16-7-3-6-15-33(20-24-8-4-2-5-9-24)21-28(34)25-18-26(30)29(32)27(31)19-25/h2,4-5,8-13,18-19,28,34H,3,6-7,14-17,20-21,32H2,1H3. The van der Waals surface area contributed by atoms with Crippen LogP contribution in [-0.4, -0.2) is 36.3 Å². The predicted molar refractivity (Wildman–Crippen MR) is 147 cm³/mol. The smallest absolute Gasteiger partial charge is 0.0918 e. The first-order chi connectivity index (χ1) is 16.9. The summed E-state index contributed by atoms with van der Waals surface area (Å²) in [5.41, 5.74) is 10.7. The first-order valence-electron chi connectivity index (χ1n) is 12.2. The van der Waals surface area contributed by atoms with Crippen LogP contribution in [-0.2, 0) is 17.7 Å². The van der Waals surface area contributed by atoms with Gasteiger partial charge in [-0.1, -0.05) is 83.4 Å². The van der Waals surface area contributed by atoms with Crippen LogP contribution >= 0.6 is 23.2 Å². The second kappa shape index (κ2) is 14.5. The number of aryl methyl sites for hydroxylation is 1. The SMILES string of the molecule is Cc1ccc(CCOCCCCCN(Cc2ccccc2)CC(O)c2cc(Cl)c(N)c(Cl)c2)cc1. The Labute approximate surface area is 219 Å². The summed E-state index contributed by atoms with van der Waals surface area (Å²) in [6.07, 6.45) is 3.37. The minimum atomic E-state index is -0.709. The van der Waals surface area contributed by atoms with Crippen LogP contribution in [0.3, 0.4) is 0 Å². The molecule has 3 aromatic rings. The molecule has 0 saturated carbocycles. The van der Waals surface area contributed by atoms with Gasteiger partial charge in [-0.25, -0.2) is 0 Å². The number of nitrogen functional groups attached to an aromatic ring is 1. The number of ether oxygens (including phenoxy) is 1. The second-order valence-corrected chi connectivity index (χ2v) is 9.86. The van der Waals surface area contributed by atoms with Crippen LogP contribution in [0.25, 0.3) is 0 Å². The Morgan fingerprint density at radius 3 is 2.26 bits per heavy atom. The number of nitrogens with two attached hydrogens (primary N) is 1. The molecule has 0 aromatic heterocycles. The van der Waals surface area contributed by atoms with Gasteiger partial charge in [0.05, 0.1) is 28.4 Å². The summed E-state index contributed by atoms with van der Waals surface area (Å²) >= 11 is 12.4. The van der Waals surface area contributed by atoms with Gasteiger partial charge >= 0.3 is 0 Å². The summed E-state index contributed by atoms with van der Waals surface area (Å²) in [4.78, 5) is 2.27. The van der Waals surface area contributed by atoms with Crippen molar-refractivity contribution < 1.29 is 9.84 Å². The highest BCUT2D eigenvalue weighted by Crippen LogP contribution is 2.31. The molecule has 0 aliphatic heterocycles. The number of halogens is 2. The minimum absolute atomic E-state index is 0.339. The molecule has 1 atom stereocenters. The number of hydrogen-bond acceptors (Lipinski definition) is 4. The van der Waals surface area contributed by atoms with Crippen molar-refractivity contribution in [3.8, 4) is 0 Å². The van der Waals surface area contributed by atoms with E-state index in [-0.39, 0.29) is 0 Å². The summed E-state index contributed by atoms with van der Waals surface area (Å²) in [5, 5.41) is 11.6. The largest absolute Gasteiger partial charge is 0.396 e. The third-order valence-corrected chi connectivity index (χ3v) is 6.71. The maximum absolute atomic E-state index is 10.9. The highest BCUT2D eigenvalue weighted by atomic mass is 35.5. The molecule has 0 radical (unpaired) electrons. The summed E-state index contributed by atoms with van der Waals surface area (Å²) in [6.45, 7) is 5.76. The number of aliphatic hydroxyl groups is 1. The van der Waals surface area contributed by atoms with Gasteiger partial charge in [-0.05, 0) is 68.0 Å². The van der Waals surface area contributed by atoms with Gasteiger partial charge in [0, 0.05) is 19.7 Å². The van der Waals surface area contributed by atoms with E-state index >= 15 is 0 Å². The van der Waals surface area contributed by atoms with Crippen LogP contribution in [0.4, 0.5) is 5.69 Å². The van der Waals surface area contributed by atoms with Gasteiger partial charge in [-0.2, -0.15) is 0 Å². The molecule has 0 spiro atoms. The van der Waals surface area contributed by atoms with E-state index in [9.17, 15) is 5.11 Å². The zero-order chi connectivity index (χ0) is 25.0. The molecule has 0 saturated heterocycles. The molecule has 3 rings (SSSR count). The number of benzene rings is 3.